The zero-order valence-electron chi connectivity index (χ0n) is 20.0. The number of anilines is 1. The fraction of sp³-hybridized carbons (Fsp3) is 0.280. The van der Waals surface area contributed by atoms with Crippen molar-refractivity contribution in [3.8, 4) is 17.1 Å². The van der Waals surface area contributed by atoms with E-state index in [0.29, 0.717) is 59.0 Å². The summed E-state index contributed by atoms with van der Waals surface area (Å²) in [7, 11) is -3.19. The summed E-state index contributed by atoms with van der Waals surface area (Å²) >= 11 is 12.7. The summed E-state index contributed by atoms with van der Waals surface area (Å²) in [4.78, 5) is 30.3. The van der Waals surface area contributed by atoms with Gasteiger partial charge in [0.15, 0.2) is 17.0 Å². The molecule has 4 aromatic rings. The molecular formula is C25H24Cl2N6O3S. The Morgan fingerprint density at radius 2 is 1.68 bits per heavy atom. The monoisotopic (exact) mass is 558 g/mol. The second-order valence-electron chi connectivity index (χ2n) is 8.84. The molecule has 0 radical (unpaired) electrons. The minimum atomic E-state index is -3.19. The van der Waals surface area contributed by atoms with Crippen molar-refractivity contribution in [1.82, 2.24) is 24.4 Å². The van der Waals surface area contributed by atoms with Crippen LogP contribution in [0, 0.1) is 0 Å². The van der Waals surface area contributed by atoms with E-state index in [-0.39, 0.29) is 18.1 Å². The van der Waals surface area contributed by atoms with Crippen molar-refractivity contribution >= 4 is 55.9 Å². The Morgan fingerprint density at radius 3 is 2.35 bits per heavy atom. The Morgan fingerprint density at radius 1 is 0.973 bits per heavy atom. The molecule has 0 unspecified atom stereocenters. The van der Waals surface area contributed by atoms with Crippen LogP contribution >= 0.6 is 23.2 Å². The van der Waals surface area contributed by atoms with E-state index in [9.17, 15) is 13.2 Å². The minimum Gasteiger partial charge on any atom is -0.351 e. The van der Waals surface area contributed by atoms with Gasteiger partial charge in [-0.1, -0.05) is 35.3 Å². The Kier molecular flexibility index (Phi) is 7.06. The van der Waals surface area contributed by atoms with Crippen molar-refractivity contribution in [2.45, 2.75) is 6.42 Å². The first kappa shape index (κ1) is 25.4. The molecule has 1 aliphatic rings. The van der Waals surface area contributed by atoms with E-state index in [4.69, 9.17) is 28.2 Å². The maximum Gasteiger partial charge on any atom is 0.223 e. The van der Waals surface area contributed by atoms with Crippen molar-refractivity contribution in [3.63, 3.8) is 0 Å². The molecule has 3 heterocycles. The summed E-state index contributed by atoms with van der Waals surface area (Å²) < 4.78 is 24.8. The third-order valence-electron chi connectivity index (χ3n) is 6.24. The fourth-order valence-electron chi connectivity index (χ4n) is 4.37. The van der Waals surface area contributed by atoms with Gasteiger partial charge in [0.1, 0.15) is 22.0 Å². The third-order valence-corrected chi connectivity index (χ3v) is 7.77. The van der Waals surface area contributed by atoms with Crippen LogP contribution in [0.2, 0.25) is 10.0 Å². The number of fused-ring (bicyclic) bond motifs is 1. The number of halogens is 2. The van der Waals surface area contributed by atoms with Crippen LogP contribution in [0.15, 0.2) is 54.9 Å². The third kappa shape index (κ3) is 5.41. The molecule has 0 aliphatic carbocycles. The van der Waals surface area contributed by atoms with Crippen molar-refractivity contribution < 1.29 is 13.2 Å². The van der Waals surface area contributed by atoms with Gasteiger partial charge in [0.2, 0.25) is 5.91 Å². The maximum absolute atomic E-state index is 12.5. The van der Waals surface area contributed by atoms with Crippen LogP contribution in [0.3, 0.4) is 0 Å². The molecule has 2 aromatic heterocycles. The predicted molar refractivity (Wildman–Crippen MR) is 145 cm³/mol. The van der Waals surface area contributed by atoms with Gasteiger partial charge in [0, 0.05) is 55.1 Å². The van der Waals surface area contributed by atoms with E-state index in [1.807, 2.05) is 41.0 Å². The van der Waals surface area contributed by atoms with Gasteiger partial charge < -0.3 is 9.80 Å². The number of imidazole rings is 1. The molecule has 5 rings (SSSR count). The van der Waals surface area contributed by atoms with Crippen LogP contribution in [0.5, 0.6) is 0 Å². The molecule has 37 heavy (non-hydrogen) atoms. The Hall–Kier alpha value is -3.21. The highest BCUT2D eigenvalue weighted by Gasteiger charge is 2.26. The highest BCUT2D eigenvalue weighted by atomic mass is 35.5. The number of nitrogens with zero attached hydrogens (tertiary/aromatic N) is 6. The van der Waals surface area contributed by atoms with Gasteiger partial charge in [-0.05, 0) is 36.4 Å². The molecule has 1 saturated heterocycles. The molecule has 0 bridgehead atoms. The number of piperazine rings is 1. The number of carbonyl (C=O) groups excluding carboxylic acids is 1. The molecule has 1 aliphatic heterocycles. The van der Waals surface area contributed by atoms with Gasteiger partial charge in [0.05, 0.1) is 10.8 Å². The molecule has 12 heteroatoms. The molecule has 1 amide bonds. The predicted octanol–water partition coefficient (Wildman–Crippen LogP) is 3.87. The summed E-state index contributed by atoms with van der Waals surface area (Å²) in [6, 6.07) is 14.9. The SMILES string of the molecule is CS(=O)(=O)CCC(=O)N1CCN(c2ncnc3c2nc(-c2ccccc2Cl)n3-c2ccc(Cl)cc2)CC1. The van der Waals surface area contributed by atoms with Crippen LogP contribution in [0.4, 0.5) is 5.82 Å². The lowest BCUT2D eigenvalue weighted by molar-refractivity contribution is -0.131. The van der Waals surface area contributed by atoms with Gasteiger partial charge in [0.25, 0.3) is 0 Å². The lowest BCUT2D eigenvalue weighted by atomic mass is 10.2. The van der Waals surface area contributed by atoms with Crippen molar-refractivity contribution in [2.75, 3.05) is 43.1 Å². The highest BCUT2D eigenvalue weighted by Crippen LogP contribution is 2.35. The number of carbonyl (C=O) groups is 1. The molecule has 192 valence electrons. The van der Waals surface area contributed by atoms with Gasteiger partial charge >= 0.3 is 0 Å². The molecule has 0 spiro atoms. The minimum absolute atomic E-state index is 0.0106. The van der Waals surface area contributed by atoms with Crippen molar-refractivity contribution in [3.05, 3.63) is 64.9 Å². The second kappa shape index (κ2) is 10.3. The molecule has 0 atom stereocenters. The Bertz CT molecular complexity index is 1570. The average Bonchev–Trinajstić information content (AvgIpc) is 3.27. The summed E-state index contributed by atoms with van der Waals surface area (Å²) in [6.45, 7) is 1.99. The first-order valence-corrected chi connectivity index (χ1v) is 14.5. The number of amides is 1. The van der Waals surface area contributed by atoms with Gasteiger partial charge in [-0.2, -0.15) is 0 Å². The lowest BCUT2D eigenvalue weighted by Crippen LogP contribution is -2.49. The van der Waals surface area contributed by atoms with Crippen LogP contribution in [0.25, 0.3) is 28.2 Å². The maximum atomic E-state index is 12.5. The normalized spacial score (nSPS) is 14.4. The largest absolute Gasteiger partial charge is 0.351 e. The Labute approximate surface area is 224 Å². The van der Waals surface area contributed by atoms with Crippen molar-refractivity contribution in [1.29, 1.82) is 0 Å². The van der Waals surface area contributed by atoms with Crippen LogP contribution < -0.4 is 4.90 Å². The molecule has 2 aromatic carbocycles. The van der Waals surface area contributed by atoms with Crippen LogP contribution in [-0.4, -0.2) is 76.9 Å². The standard InChI is InChI=1S/C25H24Cl2N6O3S/c1-37(35,36)15-10-21(34)31-11-13-32(14-12-31)24-22-25(29-16-28-24)33(18-8-6-17(26)7-9-18)23(30-22)19-4-2-3-5-20(19)27/h2-9,16H,10-15H2,1H3. The molecule has 0 N–H and O–H groups in total. The van der Waals surface area contributed by atoms with E-state index in [2.05, 4.69) is 14.9 Å². The van der Waals surface area contributed by atoms with Gasteiger partial charge in [-0.3, -0.25) is 9.36 Å². The lowest BCUT2D eigenvalue weighted by Gasteiger charge is -2.35. The van der Waals surface area contributed by atoms with Crippen LogP contribution in [-0.2, 0) is 14.6 Å². The quantitative estimate of drug-likeness (QED) is 0.354. The van der Waals surface area contributed by atoms with E-state index < -0.39 is 9.84 Å². The zero-order valence-corrected chi connectivity index (χ0v) is 22.3. The number of hydrogen-bond donors (Lipinski definition) is 0. The summed E-state index contributed by atoms with van der Waals surface area (Å²) in [5.41, 5.74) is 2.82. The average molecular weight is 559 g/mol. The van der Waals surface area contributed by atoms with E-state index in [1.54, 1.807) is 17.0 Å². The van der Waals surface area contributed by atoms with Gasteiger partial charge in [-0.15, -0.1) is 0 Å². The smallest absolute Gasteiger partial charge is 0.223 e. The number of aromatic nitrogens is 4. The molecule has 1 fully saturated rings. The van der Waals surface area contributed by atoms with Crippen LogP contribution in [0.1, 0.15) is 6.42 Å². The zero-order chi connectivity index (χ0) is 26.2. The number of sulfone groups is 1. The van der Waals surface area contributed by atoms with Gasteiger partial charge in [-0.25, -0.2) is 23.4 Å². The Balaban J connectivity index is 1.50. The topological polar surface area (TPSA) is 101 Å². The molecule has 0 saturated carbocycles. The summed E-state index contributed by atoms with van der Waals surface area (Å²) in [5.74, 6) is 0.977. The second-order valence-corrected chi connectivity index (χ2v) is 11.9. The van der Waals surface area contributed by atoms with E-state index >= 15 is 0 Å². The number of benzene rings is 2. The molecule has 9 nitrogen and oxygen atoms in total. The molecular weight excluding hydrogens is 535 g/mol. The highest BCUT2D eigenvalue weighted by molar-refractivity contribution is 7.90. The van der Waals surface area contributed by atoms with Crippen molar-refractivity contribution in [2.24, 2.45) is 0 Å². The number of hydrogen-bond acceptors (Lipinski definition) is 7. The fourth-order valence-corrected chi connectivity index (χ4v) is 5.26. The van der Waals surface area contributed by atoms with E-state index in [0.717, 1.165) is 17.5 Å². The summed E-state index contributed by atoms with van der Waals surface area (Å²) in [5, 5.41) is 1.18. The summed E-state index contributed by atoms with van der Waals surface area (Å²) in [6.07, 6.45) is 2.63. The first-order chi connectivity index (χ1) is 17.7. The van der Waals surface area contributed by atoms with E-state index in [1.165, 1.54) is 6.33 Å². The first-order valence-electron chi connectivity index (χ1n) is 11.7. The number of rotatable bonds is 6.